The fourth-order valence-electron chi connectivity index (χ4n) is 5.28. The fraction of sp³-hybridized carbons (Fsp3) is 0.156. The maximum absolute atomic E-state index is 13.8. The van der Waals surface area contributed by atoms with Gasteiger partial charge in [-0.3, -0.25) is 4.99 Å². The second kappa shape index (κ2) is 10.2. The maximum Gasteiger partial charge on any atom is 0.138 e. The Hall–Kier alpha value is -3.89. The molecule has 4 aromatic carbocycles. The fourth-order valence-corrected chi connectivity index (χ4v) is 5.52. The molecule has 0 unspecified atom stereocenters. The molecule has 0 spiro atoms. The lowest BCUT2D eigenvalue weighted by Crippen LogP contribution is -2.28. The summed E-state index contributed by atoms with van der Waals surface area (Å²) in [7, 11) is 0. The van der Waals surface area contributed by atoms with Gasteiger partial charge in [0.05, 0.1) is 16.8 Å². The molecule has 2 aliphatic rings. The van der Waals surface area contributed by atoms with Crippen LogP contribution in [0.15, 0.2) is 108 Å². The Morgan fingerprint density at radius 2 is 1.78 bits per heavy atom. The maximum atomic E-state index is 13.8. The number of para-hydroxylation sites is 1. The Kier molecular flexibility index (Phi) is 6.50. The van der Waals surface area contributed by atoms with E-state index in [4.69, 9.17) is 16.3 Å². The number of hydrogen-bond donors (Lipinski definition) is 1. The average Bonchev–Trinajstić information content (AvgIpc) is 3.43. The van der Waals surface area contributed by atoms with Crippen molar-refractivity contribution >= 4 is 29.2 Å². The summed E-state index contributed by atoms with van der Waals surface area (Å²) < 4.78 is 19.5. The third kappa shape index (κ3) is 4.90. The summed E-state index contributed by atoms with van der Waals surface area (Å²) in [4.78, 5) is 4.63. The lowest BCUT2D eigenvalue weighted by atomic mass is 9.77. The smallest absolute Gasteiger partial charge is 0.138 e. The van der Waals surface area contributed by atoms with E-state index in [0.717, 1.165) is 17.7 Å². The number of nitrogens with zero attached hydrogens (tertiary/aromatic N) is 1. The summed E-state index contributed by atoms with van der Waals surface area (Å²) in [5, 5.41) is 4.23. The minimum Gasteiger partial charge on any atom is -0.487 e. The van der Waals surface area contributed by atoms with Gasteiger partial charge in [0.1, 0.15) is 18.2 Å². The van der Waals surface area contributed by atoms with Crippen LogP contribution in [0.2, 0.25) is 5.02 Å². The average molecular weight is 509 g/mol. The van der Waals surface area contributed by atoms with E-state index >= 15 is 0 Å². The molecule has 5 heteroatoms. The van der Waals surface area contributed by atoms with E-state index in [-0.39, 0.29) is 18.5 Å². The molecule has 0 radical (unpaired) electrons. The Labute approximate surface area is 221 Å². The van der Waals surface area contributed by atoms with Crippen LogP contribution in [0.4, 0.5) is 15.8 Å². The quantitative estimate of drug-likeness (QED) is 0.209. The van der Waals surface area contributed by atoms with Crippen molar-refractivity contribution < 1.29 is 9.13 Å². The predicted octanol–water partition coefficient (Wildman–Crippen LogP) is 8.64. The highest BCUT2D eigenvalue weighted by molar-refractivity contribution is 6.32. The van der Waals surface area contributed by atoms with Gasteiger partial charge in [-0.15, -0.1) is 0 Å². The van der Waals surface area contributed by atoms with E-state index in [1.807, 2.05) is 6.07 Å². The van der Waals surface area contributed by atoms with Gasteiger partial charge in [-0.1, -0.05) is 72.3 Å². The normalized spacial score (nSPS) is 19.9. The molecular weight excluding hydrogens is 483 g/mol. The Morgan fingerprint density at radius 3 is 2.62 bits per heavy atom. The number of halogens is 2. The van der Waals surface area contributed by atoms with Crippen LogP contribution >= 0.6 is 11.6 Å². The van der Waals surface area contributed by atoms with Crippen molar-refractivity contribution in [2.24, 2.45) is 10.9 Å². The molecule has 0 aromatic heterocycles. The summed E-state index contributed by atoms with van der Waals surface area (Å²) >= 11 is 6.41. The summed E-state index contributed by atoms with van der Waals surface area (Å²) in [6.07, 6.45) is 7.54. The van der Waals surface area contributed by atoms with E-state index in [0.29, 0.717) is 28.2 Å². The number of benzene rings is 4. The van der Waals surface area contributed by atoms with E-state index in [9.17, 15) is 4.39 Å². The SMILES string of the molecule is Fc1ccccc1COc1ccc(C=Nc2ccc([C@@H]3Nc4ccccc4[C@@H]4C=CC[C@@H]43)cc2)cc1Cl. The number of anilines is 1. The number of nitrogens with one attached hydrogen (secondary N) is 1. The molecule has 37 heavy (non-hydrogen) atoms. The molecule has 1 heterocycles. The molecule has 1 N–H and O–H groups in total. The monoisotopic (exact) mass is 508 g/mol. The zero-order chi connectivity index (χ0) is 25.2. The second-order valence-electron chi connectivity index (χ2n) is 9.48. The first-order chi connectivity index (χ1) is 18.2. The third-order valence-corrected chi connectivity index (χ3v) is 7.48. The zero-order valence-electron chi connectivity index (χ0n) is 20.1. The molecule has 0 saturated heterocycles. The molecule has 3 nitrogen and oxygen atoms in total. The number of fused-ring (bicyclic) bond motifs is 3. The molecule has 1 aliphatic carbocycles. The lowest BCUT2D eigenvalue weighted by molar-refractivity contribution is 0.300. The van der Waals surface area contributed by atoms with E-state index in [2.05, 4.69) is 71.0 Å². The summed E-state index contributed by atoms with van der Waals surface area (Å²) in [6.45, 7) is 0.116. The van der Waals surface area contributed by atoms with Gasteiger partial charge in [0.25, 0.3) is 0 Å². The first-order valence-corrected chi connectivity index (χ1v) is 12.9. The topological polar surface area (TPSA) is 33.6 Å². The van der Waals surface area contributed by atoms with E-state index in [1.54, 1.807) is 36.5 Å². The standard InChI is InChI=1S/C32H26ClFN2O/c33-28-18-21(12-17-31(28)37-20-23-6-1-3-10-29(23)34)19-35-24-15-13-22(14-16-24)32-27-9-5-8-25(27)26-7-2-4-11-30(26)36-32/h1-8,10-19,25,27,32,36H,9,20H2/t25-,27-,32-/m0/s1. The van der Waals surface area contributed by atoms with Crippen LogP contribution in [-0.2, 0) is 6.61 Å². The van der Waals surface area contributed by atoms with Crippen LogP contribution in [0.1, 0.15) is 40.6 Å². The Bertz CT molecular complexity index is 1480. The van der Waals surface area contributed by atoms with Crippen molar-refractivity contribution in [3.63, 3.8) is 0 Å². The lowest BCUT2D eigenvalue weighted by Gasteiger charge is -2.37. The van der Waals surface area contributed by atoms with Crippen molar-refractivity contribution in [2.75, 3.05) is 5.32 Å². The zero-order valence-corrected chi connectivity index (χ0v) is 20.9. The highest BCUT2D eigenvalue weighted by Gasteiger charge is 2.37. The van der Waals surface area contributed by atoms with Gasteiger partial charge in [-0.2, -0.15) is 0 Å². The van der Waals surface area contributed by atoms with Crippen LogP contribution in [0.3, 0.4) is 0 Å². The Balaban J connectivity index is 1.13. The van der Waals surface area contributed by atoms with Gasteiger partial charge < -0.3 is 10.1 Å². The van der Waals surface area contributed by atoms with Crippen molar-refractivity contribution in [3.8, 4) is 5.75 Å². The van der Waals surface area contributed by atoms with Crippen LogP contribution in [0, 0.1) is 11.7 Å². The molecule has 3 atom stereocenters. The second-order valence-corrected chi connectivity index (χ2v) is 9.89. The number of ether oxygens (including phenoxy) is 1. The third-order valence-electron chi connectivity index (χ3n) is 7.18. The molecule has 0 bridgehead atoms. The minimum atomic E-state index is -0.294. The van der Waals surface area contributed by atoms with Crippen LogP contribution in [0.25, 0.3) is 0 Å². The van der Waals surface area contributed by atoms with Gasteiger partial charge in [0.15, 0.2) is 0 Å². The van der Waals surface area contributed by atoms with Gasteiger partial charge in [-0.25, -0.2) is 4.39 Å². The summed E-state index contributed by atoms with van der Waals surface area (Å²) in [5.41, 5.74) is 6.10. The van der Waals surface area contributed by atoms with Gasteiger partial charge >= 0.3 is 0 Å². The van der Waals surface area contributed by atoms with Gasteiger partial charge in [0.2, 0.25) is 0 Å². The van der Waals surface area contributed by atoms with Gasteiger partial charge in [0, 0.05) is 23.4 Å². The van der Waals surface area contributed by atoms with E-state index < -0.39 is 0 Å². The molecule has 6 rings (SSSR count). The molecule has 4 aromatic rings. The number of aliphatic imine (C=N–C) groups is 1. The highest BCUT2D eigenvalue weighted by Crippen LogP contribution is 2.49. The van der Waals surface area contributed by atoms with Crippen LogP contribution in [-0.4, -0.2) is 6.21 Å². The van der Waals surface area contributed by atoms with Gasteiger partial charge in [-0.05, 0) is 71.5 Å². The predicted molar refractivity (Wildman–Crippen MR) is 149 cm³/mol. The van der Waals surface area contributed by atoms with Crippen molar-refractivity contribution in [3.05, 3.63) is 136 Å². The first-order valence-electron chi connectivity index (χ1n) is 12.5. The first kappa shape index (κ1) is 23.5. The van der Waals surface area contributed by atoms with Crippen LogP contribution in [0.5, 0.6) is 5.75 Å². The van der Waals surface area contributed by atoms with Crippen molar-refractivity contribution in [2.45, 2.75) is 25.0 Å². The number of rotatable bonds is 6. The number of allylic oxidation sites excluding steroid dienone is 2. The molecule has 1 aliphatic heterocycles. The minimum absolute atomic E-state index is 0.116. The van der Waals surface area contributed by atoms with E-state index in [1.165, 1.54) is 22.9 Å². The van der Waals surface area contributed by atoms with Crippen LogP contribution < -0.4 is 10.1 Å². The van der Waals surface area contributed by atoms with Crippen molar-refractivity contribution in [1.29, 1.82) is 0 Å². The molecule has 0 saturated carbocycles. The molecule has 0 fully saturated rings. The number of hydrogen-bond acceptors (Lipinski definition) is 3. The largest absolute Gasteiger partial charge is 0.487 e. The highest BCUT2D eigenvalue weighted by atomic mass is 35.5. The Morgan fingerprint density at radius 1 is 0.973 bits per heavy atom. The summed E-state index contributed by atoms with van der Waals surface area (Å²) in [5.74, 6) is 1.19. The molecule has 184 valence electrons. The molecular formula is C32H26ClFN2O. The summed E-state index contributed by atoms with van der Waals surface area (Å²) in [6, 6.07) is 29.3. The molecule has 0 amide bonds. The van der Waals surface area contributed by atoms with Crippen molar-refractivity contribution in [1.82, 2.24) is 0 Å².